The van der Waals surface area contributed by atoms with E-state index in [1.54, 1.807) is 37.4 Å². The van der Waals surface area contributed by atoms with Crippen LogP contribution in [0.25, 0.3) is 0 Å². The van der Waals surface area contributed by atoms with Crippen LogP contribution in [-0.2, 0) is 9.53 Å². The Bertz CT molecular complexity index is 242. The lowest BCUT2D eigenvalue weighted by atomic mass is 10.2. The predicted molar refractivity (Wildman–Crippen MR) is 71.6 cm³/mol. The minimum Gasteiger partial charge on any atom is -0.463 e. The number of hydrogen-bond acceptors (Lipinski definition) is 5. The van der Waals surface area contributed by atoms with Gasteiger partial charge in [-0.3, -0.25) is 0 Å². The van der Waals surface area contributed by atoms with Crippen molar-refractivity contribution in [3.05, 3.63) is 9.81 Å². The molecule has 0 aliphatic heterocycles. The summed E-state index contributed by atoms with van der Waals surface area (Å²) in [6, 6.07) is 0. The summed E-state index contributed by atoms with van der Waals surface area (Å²) in [4.78, 5) is 11.7. The Balaban J connectivity index is 5.04. The van der Waals surface area contributed by atoms with Crippen molar-refractivity contribution in [2.24, 2.45) is 0 Å². The predicted octanol–water partition coefficient (Wildman–Crippen LogP) is 2.65. The molecule has 16 heavy (non-hydrogen) atoms. The molecule has 1 N–H and O–H groups in total. The molecular weight excluding hydrogens is 244 g/mol. The van der Waals surface area contributed by atoms with Crippen molar-refractivity contribution in [3.8, 4) is 0 Å². The van der Waals surface area contributed by atoms with E-state index in [1.165, 1.54) is 0 Å². The number of ether oxygens (including phenoxy) is 1. The summed E-state index contributed by atoms with van der Waals surface area (Å²) in [7, 11) is 0. The van der Waals surface area contributed by atoms with Crippen LogP contribution in [0.2, 0.25) is 0 Å². The normalized spacial score (nSPS) is 12.1. The van der Waals surface area contributed by atoms with Crippen molar-refractivity contribution >= 4 is 29.5 Å². The Kier molecular flexibility index (Phi) is 8.89. The first kappa shape index (κ1) is 15.9. The summed E-state index contributed by atoms with van der Waals surface area (Å²) in [5.41, 5.74) is 0.389. The molecule has 5 heteroatoms. The van der Waals surface area contributed by atoms with Gasteiger partial charge in [0, 0.05) is 0 Å². The first-order chi connectivity index (χ1) is 7.58. The maximum absolute atomic E-state index is 11.7. The van der Waals surface area contributed by atoms with E-state index in [-0.39, 0.29) is 0 Å². The standard InChI is InChI=1S/C11H20O3S2/c1-5-14-10(13)9(8(4)12)11(15-6-2)16-7-3/h8,12H,5-7H2,1-4H3. The molecule has 0 aliphatic rings. The molecule has 1 atom stereocenters. The van der Waals surface area contributed by atoms with Crippen LogP contribution in [0.4, 0.5) is 0 Å². The first-order valence-electron chi connectivity index (χ1n) is 5.43. The molecule has 3 nitrogen and oxygen atoms in total. The molecule has 0 spiro atoms. The molecule has 0 rings (SSSR count). The second-order valence-corrected chi connectivity index (χ2v) is 5.77. The van der Waals surface area contributed by atoms with Crippen molar-refractivity contribution in [1.82, 2.24) is 0 Å². The number of carbonyl (C=O) groups excluding carboxylic acids is 1. The fraction of sp³-hybridized carbons (Fsp3) is 0.727. The lowest BCUT2D eigenvalue weighted by Crippen LogP contribution is -2.19. The van der Waals surface area contributed by atoms with Gasteiger partial charge in [-0.1, -0.05) is 13.8 Å². The summed E-state index contributed by atoms with van der Waals surface area (Å²) < 4.78 is 5.83. The Morgan fingerprint density at radius 2 is 1.75 bits per heavy atom. The largest absolute Gasteiger partial charge is 0.463 e. The number of carbonyl (C=O) groups is 1. The van der Waals surface area contributed by atoms with Crippen LogP contribution in [0.15, 0.2) is 9.81 Å². The van der Waals surface area contributed by atoms with Crippen LogP contribution in [-0.4, -0.2) is 35.3 Å². The number of aliphatic hydroxyl groups excluding tert-OH is 1. The summed E-state index contributed by atoms with van der Waals surface area (Å²) in [5.74, 6) is 1.34. The summed E-state index contributed by atoms with van der Waals surface area (Å²) in [6.07, 6.45) is -0.785. The third kappa shape index (κ3) is 5.27. The monoisotopic (exact) mass is 264 g/mol. The Labute approximate surface area is 106 Å². The van der Waals surface area contributed by atoms with Gasteiger partial charge in [0.15, 0.2) is 0 Å². The van der Waals surface area contributed by atoms with Crippen LogP contribution in [0.3, 0.4) is 0 Å². The molecule has 1 unspecified atom stereocenters. The minimum atomic E-state index is -0.785. The highest BCUT2D eigenvalue weighted by Crippen LogP contribution is 2.33. The van der Waals surface area contributed by atoms with E-state index in [9.17, 15) is 9.90 Å². The van der Waals surface area contributed by atoms with Crippen LogP contribution in [0.5, 0.6) is 0 Å². The van der Waals surface area contributed by atoms with Crippen molar-refractivity contribution in [2.45, 2.75) is 33.8 Å². The van der Waals surface area contributed by atoms with Crippen LogP contribution < -0.4 is 0 Å². The zero-order valence-corrected chi connectivity index (χ0v) is 11.9. The third-order valence-electron chi connectivity index (χ3n) is 1.68. The van der Waals surface area contributed by atoms with Gasteiger partial charge in [0.1, 0.15) is 0 Å². The topological polar surface area (TPSA) is 46.5 Å². The van der Waals surface area contributed by atoms with E-state index < -0.39 is 12.1 Å². The van der Waals surface area contributed by atoms with Gasteiger partial charge in [-0.05, 0) is 25.4 Å². The third-order valence-corrected chi connectivity index (χ3v) is 3.93. The highest BCUT2D eigenvalue weighted by atomic mass is 32.2. The molecule has 0 bridgehead atoms. The van der Waals surface area contributed by atoms with E-state index >= 15 is 0 Å². The van der Waals surface area contributed by atoms with E-state index in [2.05, 4.69) is 0 Å². The fourth-order valence-electron chi connectivity index (χ4n) is 1.09. The SMILES string of the molecule is CCOC(=O)C(=C(SCC)SCC)C(C)O. The summed E-state index contributed by atoms with van der Waals surface area (Å²) in [5, 5.41) is 9.65. The van der Waals surface area contributed by atoms with E-state index in [0.29, 0.717) is 12.2 Å². The minimum absolute atomic E-state index is 0.329. The molecule has 0 aromatic heterocycles. The molecule has 0 radical (unpaired) electrons. The van der Waals surface area contributed by atoms with Crippen molar-refractivity contribution in [2.75, 3.05) is 18.1 Å². The lowest BCUT2D eigenvalue weighted by Gasteiger charge is -2.14. The molecular formula is C11H20O3S2. The number of thioether (sulfide) groups is 2. The van der Waals surface area contributed by atoms with Crippen molar-refractivity contribution < 1.29 is 14.6 Å². The lowest BCUT2D eigenvalue weighted by molar-refractivity contribution is -0.139. The summed E-state index contributed by atoms with van der Waals surface area (Å²) in [6.45, 7) is 7.73. The Morgan fingerprint density at radius 1 is 1.25 bits per heavy atom. The quantitative estimate of drug-likeness (QED) is 0.566. The van der Waals surface area contributed by atoms with Gasteiger partial charge >= 0.3 is 5.97 Å². The number of esters is 1. The molecule has 0 aromatic rings. The van der Waals surface area contributed by atoms with Gasteiger partial charge in [-0.25, -0.2) is 4.79 Å². The fourth-order valence-corrected chi connectivity index (χ4v) is 3.48. The van der Waals surface area contributed by atoms with Crippen molar-refractivity contribution in [3.63, 3.8) is 0 Å². The second kappa shape index (κ2) is 8.96. The van der Waals surface area contributed by atoms with Gasteiger partial charge in [-0.2, -0.15) is 0 Å². The second-order valence-electron chi connectivity index (χ2n) is 2.96. The molecule has 0 saturated carbocycles. The molecule has 0 aliphatic carbocycles. The molecule has 0 amide bonds. The molecule has 0 heterocycles. The maximum Gasteiger partial charge on any atom is 0.338 e. The van der Waals surface area contributed by atoms with Gasteiger partial charge in [0.2, 0.25) is 0 Å². The van der Waals surface area contributed by atoms with Crippen LogP contribution >= 0.6 is 23.5 Å². The molecule has 94 valence electrons. The van der Waals surface area contributed by atoms with Crippen LogP contribution in [0, 0.1) is 0 Å². The number of hydrogen-bond donors (Lipinski definition) is 1. The Hall–Kier alpha value is -0.130. The number of rotatable bonds is 7. The van der Waals surface area contributed by atoms with Gasteiger partial charge in [-0.15, -0.1) is 23.5 Å². The zero-order chi connectivity index (χ0) is 12.6. The first-order valence-corrected chi connectivity index (χ1v) is 7.40. The smallest absolute Gasteiger partial charge is 0.338 e. The van der Waals surface area contributed by atoms with Crippen LogP contribution in [0.1, 0.15) is 27.7 Å². The van der Waals surface area contributed by atoms with Gasteiger partial charge in [0.25, 0.3) is 0 Å². The molecule has 0 fully saturated rings. The maximum atomic E-state index is 11.7. The van der Waals surface area contributed by atoms with E-state index in [4.69, 9.17) is 4.74 Å². The average molecular weight is 264 g/mol. The van der Waals surface area contributed by atoms with Crippen molar-refractivity contribution in [1.29, 1.82) is 0 Å². The zero-order valence-electron chi connectivity index (χ0n) is 10.3. The highest BCUT2D eigenvalue weighted by Gasteiger charge is 2.21. The van der Waals surface area contributed by atoms with E-state index in [1.807, 2.05) is 13.8 Å². The number of aliphatic hydroxyl groups is 1. The van der Waals surface area contributed by atoms with E-state index in [0.717, 1.165) is 15.7 Å². The Morgan fingerprint density at radius 3 is 2.06 bits per heavy atom. The van der Waals surface area contributed by atoms with Gasteiger partial charge < -0.3 is 9.84 Å². The molecule has 0 aromatic carbocycles. The highest BCUT2D eigenvalue weighted by molar-refractivity contribution is 8.22. The summed E-state index contributed by atoms with van der Waals surface area (Å²) >= 11 is 3.15. The average Bonchev–Trinajstić information content (AvgIpc) is 2.18. The molecule has 0 saturated heterocycles. The van der Waals surface area contributed by atoms with Gasteiger partial charge in [0.05, 0.1) is 22.5 Å².